The summed E-state index contributed by atoms with van der Waals surface area (Å²) in [5.41, 5.74) is 0.968. The zero-order valence-electron chi connectivity index (χ0n) is 16.7. The second-order valence-electron chi connectivity index (χ2n) is 6.93. The second-order valence-corrected chi connectivity index (χ2v) is 11.0. The number of rotatable bonds is 7. The van der Waals surface area contributed by atoms with Crippen LogP contribution in [-0.2, 0) is 10.5 Å². The number of aromatic nitrogens is 2. The predicted octanol–water partition coefficient (Wildman–Crippen LogP) is 5.88. The third-order valence-electron chi connectivity index (χ3n) is 4.89. The highest BCUT2D eigenvalue weighted by Crippen LogP contribution is 2.45. The Hall–Kier alpha value is -2.86. The van der Waals surface area contributed by atoms with Crippen LogP contribution >= 0.6 is 45.8 Å². The molecule has 1 aliphatic heterocycles. The van der Waals surface area contributed by atoms with Gasteiger partial charge in [-0.1, -0.05) is 47.4 Å². The van der Waals surface area contributed by atoms with Gasteiger partial charge in [-0.05, 0) is 40.6 Å². The van der Waals surface area contributed by atoms with Crippen LogP contribution in [0.25, 0.3) is 0 Å². The van der Waals surface area contributed by atoms with E-state index in [9.17, 15) is 19.1 Å². The number of thiophene rings is 2. The summed E-state index contributed by atoms with van der Waals surface area (Å²) in [5.74, 6) is -1.37. The van der Waals surface area contributed by atoms with E-state index in [-0.39, 0.29) is 17.2 Å². The van der Waals surface area contributed by atoms with E-state index < -0.39 is 17.7 Å². The smallest absolute Gasteiger partial charge is 0.296 e. The average molecular weight is 516 g/mol. The highest BCUT2D eigenvalue weighted by molar-refractivity contribution is 8.00. The van der Waals surface area contributed by atoms with Crippen molar-refractivity contribution in [2.24, 2.45) is 0 Å². The first-order valence-electron chi connectivity index (χ1n) is 9.62. The number of nitrogens with zero attached hydrogens (tertiary/aromatic N) is 3. The number of ketones is 1. The summed E-state index contributed by atoms with van der Waals surface area (Å²) in [6.45, 7) is 0. The van der Waals surface area contributed by atoms with Crippen molar-refractivity contribution in [1.29, 1.82) is 0 Å². The number of Topliss-reactive ketones (excluding diaryl/α,β-unsaturated/α-hetero) is 1. The third-order valence-corrected chi connectivity index (χ3v) is 8.81. The first-order chi connectivity index (χ1) is 16.0. The highest BCUT2D eigenvalue weighted by atomic mass is 32.2. The van der Waals surface area contributed by atoms with Crippen molar-refractivity contribution < 1.29 is 19.1 Å². The third kappa shape index (κ3) is 4.24. The maximum absolute atomic E-state index is 13.2. The van der Waals surface area contributed by atoms with Crippen molar-refractivity contribution in [3.63, 3.8) is 0 Å². The molecule has 0 saturated carbocycles. The van der Waals surface area contributed by atoms with Gasteiger partial charge in [0.25, 0.3) is 5.91 Å². The number of carbonyl (C=O) groups is 2. The monoisotopic (exact) mass is 515 g/mol. The van der Waals surface area contributed by atoms with Crippen LogP contribution in [0.15, 0.2) is 75.0 Å². The SMILES string of the molecule is O=C(C1=C(O)C(=O)N(c2nnc(SCc3ccc(F)cc3)s2)C1c1cccs1)c1cccs1. The van der Waals surface area contributed by atoms with E-state index in [1.807, 2.05) is 17.5 Å². The van der Waals surface area contributed by atoms with Gasteiger partial charge >= 0.3 is 0 Å². The lowest BCUT2D eigenvalue weighted by atomic mass is 10.0. The maximum Gasteiger partial charge on any atom is 0.296 e. The Labute approximate surface area is 204 Å². The summed E-state index contributed by atoms with van der Waals surface area (Å²) in [6, 6.07) is 12.5. The Morgan fingerprint density at radius 3 is 2.55 bits per heavy atom. The maximum atomic E-state index is 13.2. The summed E-state index contributed by atoms with van der Waals surface area (Å²) in [5, 5.41) is 23.0. The molecule has 1 unspecified atom stereocenters. The summed E-state index contributed by atoms with van der Waals surface area (Å²) in [4.78, 5) is 28.8. The molecule has 1 atom stereocenters. The summed E-state index contributed by atoms with van der Waals surface area (Å²) >= 11 is 5.25. The molecular formula is C22H14FN3O3S4. The molecular weight excluding hydrogens is 502 g/mol. The number of hydrogen-bond acceptors (Lipinski definition) is 9. The largest absolute Gasteiger partial charge is 0.503 e. The standard InChI is InChI=1S/C22H14FN3O3S4/c23-13-7-5-12(6-8-13)11-32-22-25-24-21(33-22)26-17(14-3-1-9-30-14)16(19(28)20(26)29)18(27)15-4-2-10-31-15/h1-10,17,28H,11H2. The van der Waals surface area contributed by atoms with Crippen molar-refractivity contribution in [3.05, 3.63) is 91.8 Å². The minimum Gasteiger partial charge on any atom is -0.503 e. The molecule has 4 aromatic rings. The molecule has 1 aromatic carbocycles. The van der Waals surface area contributed by atoms with E-state index >= 15 is 0 Å². The quantitative estimate of drug-likeness (QED) is 0.188. The molecule has 166 valence electrons. The number of amides is 1. The number of anilines is 1. The fourth-order valence-corrected chi connectivity index (χ4v) is 6.70. The van der Waals surface area contributed by atoms with Crippen molar-refractivity contribution in [2.75, 3.05) is 4.90 Å². The van der Waals surface area contributed by atoms with Crippen LogP contribution in [0.4, 0.5) is 9.52 Å². The van der Waals surface area contributed by atoms with Crippen molar-refractivity contribution >= 4 is 62.6 Å². The Morgan fingerprint density at radius 1 is 1.09 bits per heavy atom. The number of hydrogen-bond donors (Lipinski definition) is 1. The van der Waals surface area contributed by atoms with Crippen molar-refractivity contribution in [1.82, 2.24) is 10.2 Å². The summed E-state index contributed by atoms with van der Waals surface area (Å²) in [7, 11) is 0. The van der Waals surface area contributed by atoms with Gasteiger partial charge in [0, 0.05) is 10.6 Å². The number of aliphatic hydroxyl groups is 1. The molecule has 4 heterocycles. The second kappa shape index (κ2) is 9.18. The number of thioether (sulfide) groups is 1. The van der Waals surface area contributed by atoms with Gasteiger partial charge in [0.15, 0.2) is 10.1 Å². The molecule has 0 spiro atoms. The first kappa shape index (κ1) is 22.0. The van der Waals surface area contributed by atoms with Gasteiger partial charge in [-0.15, -0.1) is 32.9 Å². The molecule has 0 saturated heterocycles. The minimum absolute atomic E-state index is 0.0422. The highest BCUT2D eigenvalue weighted by Gasteiger charge is 2.46. The minimum atomic E-state index is -0.782. The fraction of sp³-hybridized carbons (Fsp3) is 0.0909. The van der Waals surface area contributed by atoms with Crippen LogP contribution in [-0.4, -0.2) is 27.0 Å². The van der Waals surface area contributed by atoms with Crippen LogP contribution < -0.4 is 4.90 Å². The van der Waals surface area contributed by atoms with Gasteiger partial charge in [-0.25, -0.2) is 4.39 Å². The lowest BCUT2D eigenvalue weighted by Crippen LogP contribution is -2.30. The summed E-state index contributed by atoms with van der Waals surface area (Å²) < 4.78 is 13.7. The first-order valence-corrected chi connectivity index (χ1v) is 13.2. The molecule has 33 heavy (non-hydrogen) atoms. The van der Waals surface area contributed by atoms with Crippen LogP contribution in [0, 0.1) is 5.82 Å². The van der Waals surface area contributed by atoms with Gasteiger partial charge in [0.2, 0.25) is 10.9 Å². The van der Waals surface area contributed by atoms with E-state index in [2.05, 4.69) is 10.2 Å². The average Bonchev–Trinajstić information content (AvgIpc) is 3.62. The van der Waals surface area contributed by atoms with Gasteiger partial charge < -0.3 is 5.11 Å². The molecule has 1 N–H and O–H groups in total. The molecule has 1 amide bonds. The van der Waals surface area contributed by atoms with Gasteiger partial charge in [0.1, 0.15) is 11.9 Å². The fourth-order valence-electron chi connectivity index (χ4n) is 3.37. The van der Waals surface area contributed by atoms with Crippen LogP contribution in [0.3, 0.4) is 0 Å². The molecule has 6 nitrogen and oxygen atoms in total. The molecule has 0 aliphatic carbocycles. The Kier molecular flexibility index (Phi) is 6.11. The van der Waals surface area contributed by atoms with E-state index in [1.54, 1.807) is 29.6 Å². The Morgan fingerprint density at radius 2 is 1.85 bits per heavy atom. The lowest BCUT2D eigenvalue weighted by molar-refractivity contribution is -0.117. The molecule has 0 fully saturated rings. The Bertz CT molecular complexity index is 1330. The Balaban J connectivity index is 1.44. The van der Waals surface area contributed by atoms with Crippen LogP contribution in [0.2, 0.25) is 0 Å². The number of benzene rings is 1. The predicted molar refractivity (Wildman–Crippen MR) is 129 cm³/mol. The summed E-state index contributed by atoms with van der Waals surface area (Å²) in [6.07, 6.45) is 0. The topological polar surface area (TPSA) is 83.4 Å². The number of aliphatic hydroxyl groups excluding tert-OH is 1. The number of halogens is 1. The van der Waals surface area contributed by atoms with Crippen molar-refractivity contribution in [3.8, 4) is 0 Å². The molecule has 3 aromatic heterocycles. The lowest BCUT2D eigenvalue weighted by Gasteiger charge is -2.22. The van der Waals surface area contributed by atoms with Crippen LogP contribution in [0.5, 0.6) is 0 Å². The molecule has 1 aliphatic rings. The van der Waals surface area contributed by atoms with E-state index in [0.717, 1.165) is 10.4 Å². The molecule has 0 radical (unpaired) electrons. The number of carbonyl (C=O) groups excluding carboxylic acids is 2. The zero-order valence-corrected chi connectivity index (χ0v) is 19.9. The van der Waals surface area contributed by atoms with E-state index in [1.165, 1.54) is 62.8 Å². The zero-order chi connectivity index (χ0) is 22.9. The normalized spacial score (nSPS) is 16.1. The van der Waals surface area contributed by atoms with Gasteiger partial charge in [0.05, 0.1) is 10.5 Å². The molecule has 5 rings (SSSR count). The molecule has 0 bridgehead atoms. The molecule has 11 heteroatoms. The van der Waals surface area contributed by atoms with E-state index in [0.29, 0.717) is 20.1 Å². The van der Waals surface area contributed by atoms with Gasteiger partial charge in [-0.3, -0.25) is 14.5 Å². The van der Waals surface area contributed by atoms with Crippen molar-refractivity contribution in [2.45, 2.75) is 16.1 Å². The van der Waals surface area contributed by atoms with E-state index in [4.69, 9.17) is 0 Å². The van der Waals surface area contributed by atoms with Gasteiger partial charge in [-0.2, -0.15) is 0 Å². The van der Waals surface area contributed by atoms with Crippen LogP contribution in [0.1, 0.15) is 26.2 Å².